The average Bonchev–Trinajstić information content (AvgIpc) is 3.24. The molecule has 2 aromatic heterocycles. The second-order valence-electron chi connectivity index (χ2n) is 6.64. The number of rotatable bonds is 4. The number of aromatic nitrogens is 3. The number of nitrogens with one attached hydrogen (secondary N) is 2. The van der Waals surface area contributed by atoms with E-state index < -0.39 is 11.8 Å². The average molecular weight is 397 g/mol. The first-order valence-electron chi connectivity index (χ1n) is 9.35. The van der Waals surface area contributed by atoms with E-state index in [2.05, 4.69) is 20.9 Å². The molecule has 0 unspecified atom stereocenters. The molecule has 0 aliphatic heterocycles. The van der Waals surface area contributed by atoms with Crippen LogP contribution in [0, 0.1) is 6.92 Å². The van der Waals surface area contributed by atoms with Crippen LogP contribution in [0.25, 0.3) is 16.9 Å². The first kappa shape index (κ1) is 19.1. The van der Waals surface area contributed by atoms with Gasteiger partial charge in [-0.2, -0.15) is 5.10 Å². The van der Waals surface area contributed by atoms with Gasteiger partial charge in [0.2, 0.25) is 0 Å². The van der Waals surface area contributed by atoms with E-state index in [-0.39, 0.29) is 0 Å². The minimum atomic E-state index is -0.465. The van der Waals surface area contributed by atoms with Gasteiger partial charge in [-0.15, -0.1) is 0 Å². The van der Waals surface area contributed by atoms with Crippen LogP contribution in [0.15, 0.2) is 85.3 Å². The molecule has 30 heavy (non-hydrogen) atoms. The van der Waals surface area contributed by atoms with Gasteiger partial charge in [-0.3, -0.25) is 25.4 Å². The number of hydrogen-bond donors (Lipinski definition) is 2. The van der Waals surface area contributed by atoms with Crippen molar-refractivity contribution in [2.45, 2.75) is 6.92 Å². The topological polar surface area (TPSA) is 88.9 Å². The Labute approximate surface area is 173 Å². The standard InChI is InChI=1S/C23H19N5O2/c1-16-8-5-6-12-19(16)21-20(15-28(27-21)18-10-3-2-4-11-18)23(30)26-25-22(29)17-9-7-13-24-14-17/h2-15H,1H3,(H,25,29)(H,26,30). The number of para-hydroxylation sites is 1. The van der Waals surface area contributed by atoms with Crippen LogP contribution in [0.1, 0.15) is 26.3 Å². The van der Waals surface area contributed by atoms with E-state index in [1.165, 1.54) is 6.20 Å². The Hall–Kier alpha value is -4.26. The highest BCUT2D eigenvalue weighted by molar-refractivity contribution is 6.02. The monoisotopic (exact) mass is 397 g/mol. The molecule has 0 fully saturated rings. The summed E-state index contributed by atoms with van der Waals surface area (Å²) in [5, 5.41) is 4.65. The molecule has 2 heterocycles. The largest absolute Gasteiger partial charge is 0.273 e. The minimum Gasteiger partial charge on any atom is -0.267 e. The van der Waals surface area contributed by atoms with Crippen LogP contribution in [0.3, 0.4) is 0 Å². The van der Waals surface area contributed by atoms with Gasteiger partial charge in [-0.1, -0.05) is 42.5 Å². The summed E-state index contributed by atoms with van der Waals surface area (Å²) in [7, 11) is 0. The first-order chi connectivity index (χ1) is 14.6. The Bertz CT molecular complexity index is 1190. The van der Waals surface area contributed by atoms with Gasteiger partial charge in [0.15, 0.2) is 0 Å². The zero-order chi connectivity index (χ0) is 20.9. The maximum absolute atomic E-state index is 12.9. The van der Waals surface area contributed by atoms with E-state index in [0.717, 1.165) is 16.8 Å². The number of hydrazine groups is 1. The normalized spacial score (nSPS) is 10.4. The summed E-state index contributed by atoms with van der Waals surface area (Å²) >= 11 is 0. The molecule has 0 atom stereocenters. The van der Waals surface area contributed by atoms with Crippen molar-refractivity contribution in [3.63, 3.8) is 0 Å². The number of amides is 2. The minimum absolute atomic E-state index is 0.344. The lowest BCUT2D eigenvalue weighted by Gasteiger charge is -2.08. The number of carbonyl (C=O) groups excluding carboxylic acids is 2. The van der Waals surface area contributed by atoms with Crippen molar-refractivity contribution in [3.05, 3.63) is 102 Å². The smallest absolute Gasteiger partial charge is 0.267 e. The van der Waals surface area contributed by atoms with Gasteiger partial charge in [0.05, 0.1) is 16.8 Å². The second-order valence-corrected chi connectivity index (χ2v) is 6.64. The third kappa shape index (κ3) is 3.95. The second kappa shape index (κ2) is 8.40. The van der Waals surface area contributed by atoms with Gasteiger partial charge >= 0.3 is 0 Å². The molecule has 2 aromatic carbocycles. The molecule has 0 radical (unpaired) electrons. The van der Waals surface area contributed by atoms with Crippen molar-refractivity contribution in [1.29, 1.82) is 0 Å². The molecule has 4 aromatic rings. The van der Waals surface area contributed by atoms with Crippen LogP contribution < -0.4 is 10.9 Å². The molecule has 7 heteroatoms. The molecule has 0 saturated heterocycles. The lowest BCUT2D eigenvalue weighted by Crippen LogP contribution is -2.41. The quantitative estimate of drug-likeness (QED) is 0.517. The summed E-state index contributed by atoms with van der Waals surface area (Å²) in [5.74, 6) is -0.919. The van der Waals surface area contributed by atoms with Crippen LogP contribution in [0.2, 0.25) is 0 Å². The highest BCUT2D eigenvalue weighted by atomic mass is 16.2. The summed E-state index contributed by atoms with van der Waals surface area (Å²) in [5.41, 5.74) is 8.78. The number of pyridine rings is 1. The Morgan fingerprint density at radius 3 is 2.33 bits per heavy atom. The fraction of sp³-hybridized carbons (Fsp3) is 0.0435. The molecule has 0 aliphatic rings. The Kier molecular flexibility index (Phi) is 5.34. The van der Waals surface area contributed by atoms with Gasteiger partial charge < -0.3 is 0 Å². The molecule has 0 saturated carbocycles. The van der Waals surface area contributed by atoms with Crippen molar-refractivity contribution in [2.75, 3.05) is 0 Å². The molecular weight excluding hydrogens is 378 g/mol. The third-order valence-electron chi connectivity index (χ3n) is 4.59. The van der Waals surface area contributed by atoms with Crippen molar-refractivity contribution >= 4 is 11.8 Å². The molecule has 148 valence electrons. The lowest BCUT2D eigenvalue weighted by atomic mass is 10.0. The molecule has 4 rings (SSSR count). The van der Waals surface area contributed by atoms with Crippen LogP contribution in [0.4, 0.5) is 0 Å². The molecule has 2 N–H and O–H groups in total. The zero-order valence-electron chi connectivity index (χ0n) is 16.2. The van der Waals surface area contributed by atoms with Gasteiger partial charge in [-0.25, -0.2) is 4.68 Å². The van der Waals surface area contributed by atoms with Crippen molar-refractivity contribution in [1.82, 2.24) is 25.6 Å². The van der Waals surface area contributed by atoms with Crippen LogP contribution in [-0.2, 0) is 0 Å². The maximum atomic E-state index is 12.9. The van der Waals surface area contributed by atoms with Gasteiger partial charge in [0.1, 0.15) is 5.69 Å². The summed E-state index contributed by atoms with van der Waals surface area (Å²) in [6, 6.07) is 20.5. The maximum Gasteiger partial charge on any atom is 0.273 e. The molecule has 2 amide bonds. The van der Waals surface area contributed by atoms with Gasteiger partial charge in [0, 0.05) is 24.2 Å². The van der Waals surface area contributed by atoms with E-state index in [9.17, 15) is 9.59 Å². The lowest BCUT2D eigenvalue weighted by molar-refractivity contribution is 0.0847. The SMILES string of the molecule is Cc1ccccc1-c1nn(-c2ccccc2)cc1C(=O)NNC(=O)c1cccnc1. The van der Waals surface area contributed by atoms with Crippen LogP contribution in [0.5, 0.6) is 0 Å². The van der Waals surface area contributed by atoms with E-state index >= 15 is 0 Å². The number of carbonyl (C=O) groups is 2. The van der Waals surface area contributed by atoms with Crippen molar-refractivity contribution in [3.8, 4) is 16.9 Å². The number of aryl methyl sites for hydroxylation is 1. The predicted molar refractivity (Wildman–Crippen MR) is 113 cm³/mol. The van der Waals surface area contributed by atoms with Crippen LogP contribution in [-0.4, -0.2) is 26.6 Å². The van der Waals surface area contributed by atoms with Crippen LogP contribution >= 0.6 is 0 Å². The highest BCUT2D eigenvalue weighted by Gasteiger charge is 2.20. The molecule has 0 spiro atoms. The van der Waals surface area contributed by atoms with E-state index in [4.69, 9.17) is 0 Å². The Balaban J connectivity index is 1.65. The summed E-state index contributed by atoms with van der Waals surface area (Å²) < 4.78 is 1.65. The summed E-state index contributed by atoms with van der Waals surface area (Å²) in [4.78, 5) is 29.1. The highest BCUT2D eigenvalue weighted by Crippen LogP contribution is 2.26. The molecular formula is C23H19N5O2. The molecule has 0 aliphatic carbocycles. The molecule has 0 bridgehead atoms. The fourth-order valence-corrected chi connectivity index (χ4v) is 3.04. The zero-order valence-corrected chi connectivity index (χ0v) is 16.2. The summed E-state index contributed by atoms with van der Waals surface area (Å²) in [6.45, 7) is 1.96. The molecule has 7 nitrogen and oxygen atoms in total. The summed E-state index contributed by atoms with van der Waals surface area (Å²) in [6.07, 6.45) is 4.65. The van der Waals surface area contributed by atoms with Gasteiger partial charge in [0.25, 0.3) is 11.8 Å². The van der Waals surface area contributed by atoms with E-state index in [1.807, 2.05) is 61.5 Å². The fourth-order valence-electron chi connectivity index (χ4n) is 3.04. The Morgan fingerprint density at radius 2 is 1.60 bits per heavy atom. The van der Waals surface area contributed by atoms with Gasteiger partial charge in [-0.05, 0) is 36.8 Å². The first-order valence-corrected chi connectivity index (χ1v) is 9.35. The van der Waals surface area contributed by atoms with E-state index in [1.54, 1.807) is 29.2 Å². The van der Waals surface area contributed by atoms with Crippen molar-refractivity contribution in [2.24, 2.45) is 0 Å². The Morgan fingerprint density at radius 1 is 0.867 bits per heavy atom. The number of hydrogen-bond acceptors (Lipinski definition) is 4. The van der Waals surface area contributed by atoms with Crippen molar-refractivity contribution < 1.29 is 9.59 Å². The predicted octanol–water partition coefficient (Wildman–Crippen LogP) is 3.32. The number of benzene rings is 2. The van der Waals surface area contributed by atoms with E-state index in [0.29, 0.717) is 16.8 Å². The third-order valence-corrected chi connectivity index (χ3v) is 4.59. The number of nitrogens with zero attached hydrogens (tertiary/aromatic N) is 3.